The second-order valence-corrected chi connectivity index (χ2v) is 6.68. The van der Waals surface area contributed by atoms with E-state index in [1.165, 1.54) is 5.56 Å². The molecular weight excluding hydrogens is 326 g/mol. The van der Waals surface area contributed by atoms with Crippen LogP contribution in [0.2, 0.25) is 0 Å². The van der Waals surface area contributed by atoms with Crippen LogP contribution in [0, 0.1) is 0 Å². The predicted octanol–water partition coefficient (Wildman–Crippen LogP) is 5.04. The van der Waals surface area contributed by atoms with Crippen LogP contribution in [-0.2, 0) is 11.3 Å². The fourth-order valence-corrected chi connectivity index (χ4v) is 2.94. The van der Waals surface area contributed by atoms with Crippen LogP contribution in [0.25, 0.3) is 0 Å². The van der Waals surface area contributed by atoms with Crippen LogP contribution < -0.4 is 14.8 Å². The molecule has 1 unspecified atom stereocenters. The zero-order chi connectivity index (χ0) is 18.0. The van der Waals surface area contributed by atoms with Crippen molar-refractivity contribution in [2.45, 2.75) is 45.3 Å². The summed E-state index contributed by atoms with van der Waals surface area (Å²) >= 11 is 0. The van der Waals surface area contributed by atoms with Gasteiger partial charge in [0.25, 0.3) is 0 Å². The van der Waals surface area contributed by atoms with Crippen molar-refractivity contribution in [3.63, 3.8) is 0 Å². The number of hydrogen-bond donors (Lipinski definition) is 1. The Morgan fingerprint density at radius 3 is 2.73 bits per heavy atom. The molecule has 1 heterocycles. The van der Waals surface area contributed by atoms with Gasteiger partial charge in [-0.1, -0.05) is 31.5 Å². The Morgan fingerprint density at radius 2 is 1.92 bits per heavy atom. The van der Waals surface area contributed by atoms with Crippen LogP contribution in [0.15, 0.2) is 48.5 Å². The van der Waals surface area contributed by atoms with Crippen molar-refractivity contribution in [3.8, 4) is 11.5 Å². The number of ether oxygens (including phenoxy) is 3. The molecule has 140 valence electrons. The van der Waals surface area contributed by atoms with E-state index in [2.05, 4.69) is 30.4 Å². The summed E-state index contributed by atoms with van der Waals surface area (Å²) in [5.41, 5.74) is 2.25. The van der Waals surface area contributed by atoms with Gasteiger partial charge >= 0.3 is 0 Å². The molecule has 0 saturated carbocycles. The normalized spacial score (nSPS) is 16.4. The molecule has 0 aliphatic carbocycles. The highest BCUT2D eigenvalue weighted by atomic mass is 16.5. The molecule has 2 aromatic rings. The molecule has 4 nitrogen and oxygen atoms in total. The van der Waals surface area contributed by atoms with Gasteiger partial charge in [-0.25, -0.2) is 0 Å². The van der Waals surface area contributed by atoms with Crippen molar-refractivity contribution in [2.75, 3.05) is 25.1 Å². The fourth-order valence-electron chi connectivity index (χ4n) is 2.94. The maximum atomic E-state index is 5.87. The summed E-state index contributed by atoms with van der Waals surface area (Å²) < 4.78 is 17.3. The lowest BCUT2D eigenvalue weighted by molar-refractivity contribution is 0.0680. The summed E-state index contributed by atoms with van der Waals surface area (Å²) in [5.74, 6) is 1.81. The molecule has 0 radical (unpaired) electrons. The fraction of sp³-hybridized carbons (Fsp3) is 0.455. The molecule has 1 fully saturated rings. The molecule has 0 spiro atoms. The zero-order valence-corrected chi connectivity index (χ0v) is 15.6. The van der Waals surface area contributed by atoms with Crippen LogP contribution in [0.1, 0.15) is 38.2 Å². The van der Waals surface area contributed by atoms with Crippen molar-refractivity contribution < 1.29 is 14.2 Å². The van der Waals surface area contributed by atoms with E-state index < -0.39 is 0 Å². The maximum Gasteiger partial charge on any atom is 0.121 e. The predicted molar refractivity (Wildman–Crippen MR) is 105 cm³/mol. The third-order valence-electron chi connectivity index (χ3n) is 4.46. The van der Waals surface area contributed by atoms with Crippen molar-refractivity contribution in [1.82, 2.24) is 0 Å². The molecule has 0 bridgehead atoms. The molecule has 4 heteroatoms. The Hall–Kier alpha value is -2.20. The minimum Gasteiger partial charge on any atom is -0.494 e. The smallest absolute Gasteiger partial charge is 0.121 e. The van der Waals surface area contributed by atoms with E-state index in [1.807, 2.05) is 30.3 Å². The zero-order valence-electron chi connectivity index (χ0n) is 15.6. The van der Waals surface area contributed by atoms with Gasteiger partial charge in [0.15, 0.2) is 0 Å². The van der Waals surface area contributed by atoms with Gasteiger partial charge in [-0.05, 0) is 49.1 Å². The van der Waals surface area contributed by atoms with Crippen LogP contribution >= 0.6 is 0 Å². The minimum atomic E-state index is 0.238. The van der Waals surface area contributed by atoms with E-state index in [9.17, 15) is 0 Å². The van der Waals surface area contributed by atoms with E-state index in [-0.39, 0.29) is 6.10 Å². The number of unbranched alkanes of at least 4 members (excludes halogenated alkanes) is 1. The molecular formula is C22H29NO3. The lowest BCUT2D eigenvalue weighted by atomic mass is 10.2. The Kier molecular flexibility index (Phi) is 7.20. The number of benzene rings is 2. The Bertz CT molecular complexity index is 668. The van der Waals surface area contributed by atoms with Gasteiger partial charge < -0.3 is 19.5 Å². The first-order valence-electron chi connectivity index (χ1n) is 9.63. The largest absolute Gasteiger partial charge is 0.494 e. The number of rotatable bonds is 10. The van der Waals surface area contributed by atoms with Gasteiger partial charge in [0, 0.05) is 24.9 Å². The first-order valence-corrected chi connectivity index (χ1v) is 9.63. The van der Waals surface area contributed by atoms with Gasteiger partial charge in [-0.2, -0.15) is 0 Å². The SMILES string of the molecule is CCCCOc1cccc(CNc2cccc(OCC3CCCO3)c2)c1. The summed E-state index contributed by atoms with van der Waals surface area (Å²) in [5, 5.41) is 3.46. The van der Waals surface area contributed by atoms with E-state index in [0.717, 1.165) is 62.6 Å². The van der Waals surface area contributed by atoms with E-state index in [0.29, 0.717) is 6.61 Å². The van der Waals surface area contributed by atoms with Gasteiger partial charge in [0.1, 0.15) is 18.1 Å². The standard InChI is InChI=1S/C22H29NO3/c1-2-3-12-24-20-9-4-7-18(14-20)16-23-19-8-5-10-21(15-19)26-17-22-11-6-13-25-22/h4-5,7-10,14-15,22-23H,2-3,6,11-13,16-17H2,1H3. The van der Waals surface area contributed by atoms with Gasteiger partial charge in [0.05, 0.1) is 12.7 Å². The minimum absolute atomic E-state index is 0.238. The summed E-state index contributed by atoms with van der Waals surface area (Å²) in [7, 11) is 0. The lowest BCUT2D eigenvalue weighted by Crippen LogP contribution is -2.16. The summed E-state index contributed by atoms with van der Waals surface area (Å²) in [6.45, 7) is 5.18. The number of anilines is 1. The lowest BCUT2D eigenvalue weighted by Gasteiger charge is -2.13. The van der Waals surface area contributed by atoms with Crippen LogP contribution in [0.5, 0.6) is 11.5 Å². The molecule has 1 atom stereocenters. The molecule has 1 N–H and O–H groups in total. The average Bonchev–Trinajstić information content (AvgIpc) is 3.19. The van der Waals surface area contributed by atoms with E-state index in [1.54, 1.807) is 0 Å². The molecule has 1 saturated heterocycles. The third kappa shape index (κ3) is 5.95. The van der Waals surface area contributed by atoms with Crippen molar-refractivity contribution in [3.05, 3.63) is 54.1 Å². The average molecular weight is 355 g/mol. The molecule has 26 heavy (non-hydrogen) atoms. The Balaban J connectivity index is 1.49. The van der Waals surface area contributed by atoms with Crippen LogP contribution in [0.3, 0.4) is 0 Å². The van der Waals surface area contributed by atoms with E-state index in [4.69, 9.17) is 14.2 Å². The summed E-state index contributed by atoms with van der Waals surface area (Å²) in [4.78, 5) is 0. The topological polar surface area (TPSA) is 39.7 Å². The highest BCUT2D eigenvalue weighted by Crippen LogP contribution is 2.21. The molecule has 0 aromatic heterocycles. The maximum absolute atomic E-state index is 5.87. The molecule has 1 aliphatic heterocycles. The third-order valence-corrected chi connectivity index (χ3v) is 4.46. The van der Waals surface area contributed by atoms with Crippen LogP contribution in [0.4, 0.5) is 5.69 Å². The number of nitrogens with one attached hydrogen (secondary N) is 1. The monoisotopic (exact) mass is 355 g/mol. The molecule has 1 aliphatic rings. The molecule has 2 aromatic carbocycles. The van der Waals surface area contributed by atoms with Crippen LogP contribution in [-0.4, -0.2) is 25.9 Å². The number of hydrogen-bond acceptors (Lipinski definition) is 4. The Labute approximate surface area is 156 Å². The highest BCUT2D eigenvalue weighted by Gasteiger charge is 2.15. The van der Waals surface area contributed by atoms with E-state index >= 15 is 0 Å². The quantitative estimate of drug-likeness (QED) is 0.606. The second-order valence-electron chi connectivity index (χ2n) is 6.68. The molecule has 3 rings (SSSR count). The van der Waals surface area contributed by atoms with Crippen molar-refractivity contribution in [1.29, 1.82) is 0 Å². The first-order chi connectivity index (χ1) is 12.8. The second kappa shape index (κ2) is 10.1. The van der Waals surface area contributed by atoms with Gasteiger partial charge in [-0.15, -0.1) is 0 Å². The van der Waals surface area contributed by atoms with Crippen molar-refractivity contribution in [2.24, 2.45) is 0 Å². The highest BCUT2D eigenvalue weighted by molar-refractivity contribution is 5.48. The molecule has 0 amide bonds. The Morgan fingerprint density at radius 1 is 1.08 bits per heavy atom. The summed E-state index contributed by atoms with van der Waals surface area (Å²) in [6, 6.07) is 16.4. The summed E-state index contributed by atoms with van der Waals surface area (Å²) in [6.07, 6.45) is 4.70. The van der Waals surface area contributed by atoms with Gasteiger partial charge in [0.2, 0.25) is 0 Å². The first kappa shape index (κ1) is 18.6. The van der Waals surface area contributed by atoms with Crippen molar-refractivity contribution >= 4 is 5.69 Å². The van der Waals surface area contributed by atoms with Gasteiger partial charge in [-0.3, -0.25) is 0 Å².